The molecule has 0 saturated carbocycles. The van der Waals surface area contributed by atoms with E-state index < -0.39 is 34.7 Å². The molecule has 0 bridgehead atoms. The van der Waals surface area contributed by atoms with Crippen LogP contribution in [0, 0.1) is 126 Å². The number of hydrazine groups is 1. The van der Waals surface area contributed by atoms with Crippen molar-refractivity contribution in [3.8, 4) is 12.4 Å². The second-order valence-corrected chi connectivity index (χ2v) is 20.8. The molecule has 1 unspecified atom stereocenters. The monoisotopic (exact) mass is 2260 g/mol. The molecule has 0 fully saturated rings. The van der Waals surface area contributed by atoms with Gasteiger partial charge in [-0.15, -0.1) is 55.4 Å². The first-order chi connectivity index (χ1) is 46.4. The second-order valence-electron chi connectivity index (χ2n) is 20.8. The topological polar surface area (TPSA) is 136 Å². The van der Waals surface area contributed by atoms with Gasteiger partial charge in [-0.2, -0.15) is 109 Å². The number of hydrogen-bond donors (Lipinski definition) is 0. The van der Waals surface area contributed by atoms with E-state index in [1.807, 2.05) is 68.6 Å². The molecule has 0 aliphatic carbocycles. The third-order valence-corrected chi connectivity index (χ3v) is 15.0. The number of rotatable bonds is 8. The Hall–Kier alpha value is -8.87. The van der Waals surface area contributed by atoms with Crippen molar-refractivity contribution in [2.75, 3.05) is 49.3 Å². The molecule has 6 heterocycles. The minimum Gasteiger partial charge on any atom is -0.491 e. The minimum atomic E-state index is -4.57. The number of benzene rings is 9. The first kappa shape index (κ1) is 81.1. The van der Waals surface area contributed by atoms with E-state index >= 15 is 0 Å². The SMILES string of the molecule is CCC(C)c1c[c-]c(N2[CH-]N(C#N)c3ccccc32)c(F)n1.Fc1ccc[c-]c1N1[CH-]N(C(F)(F)F)c2ccccc21.Fc1ccc[c-]c1N1[CH-]N(F)c2ccccc21.N#CN1[CH-]N(c2[c-]cccc2F)c2ccccc21.O=[N+]([O-])N1[CH-]N(c2[c-]cccc2F)c2ccccc21.[Ir].[Ir].[Ir].[Ir].[Ir]. The van der Waals surface area contributed by atoms with E-state index in [0.717, 1.165) is 40.1 Å². The third-order valence-electron chi connectivity index (χ3n) is 15.0. The Morgan fingerprint density at radius 1 is 0.465 bits per heavy atom. The molecular weight excluding hydrogens is 2210 g/mol. The number of hydrogen-bond acceptors (Lipinski definition) is 14. The van der Waals surface area contributed by atoms with Gasteiger partial charge in [0, 0.05) is 169 Å². The van der Waals surface area contributed by atoms with E-state index in [1.165, 1.54) is 93.6 Å². The normalized spacial score (nSPS) is 13.4. The molecule has 101 heavy (non-hydrogen) atoms. The Kier molecular flexibility index (Phi) is 29.0. The summed E-state index contributed by atoms with van der Waals surface area (Å²) in [6.07, 6.45) is 0.413. The molecule has 5 radical (unpaired) electrons. The van der Waals surface area contributed by atoms with E-state index in [0.29, 0.717) is 44.9 Å². The molecule has 0 N–H and O–H groups in total. The Morgan fingerprint density at radius 2 is 0.792 bits per heavy atom. The molecule has 1 aromatic heterocycles. The van der Waals surface area contributed by atoms with Gasteiger partial charge in [0.2, 0.25) is 0 Å². The summed E-state index contributed by atoms with van der Waals surface area (Å²) in [4.78, 5) is 25.2. The molecule has 531 valence electrons. The predicted octanol–water partition coefficient (Wildman–Crippen LogP) is 18.0. The summed E-state index contributed by atoms with van der Waals surface area (Å²) in [5.74, 6) is -2.33. The van der Waals surface area contributed by atoms with E-state index in [-0.39, 0.29) is 151 Å². The van der Waals surface area contributed by atoms with Gasteiger partial charge in [0.25, 0.3) is 0 Å². The van der Waals surface area contributed by atoms with Crippen molar-refractivity contribution in [1.82, 2.24) is 4.98 Å². The summed E-state index contributed by atoms with van der Waals surface area (Å²) in [7, 11) is 0. The van der Waals surface area contributed by atoms with E-state index in [2.05, 4.69) is 41.5 Å². The maximum atomic E-state index is 14.4. The van der Waals surface area contributed by atoms with Gasteiger partial charge in [-0.3, -0.25) is 22.0 Å². The molecule has 9 aromatic carbocycles. The van der Waals surface area contributed by atoms with Crippen LogP contribution in [0.15, 0.2) is 200 Å². The van der Waals surface area contributed by atoms with Crippen LogP contribution in [0.5, 0.6) is 0 Å². The van der Waals surface area contributed by atoms with Crippen molar-refractivity contribution in [3.63, 3.8) is 0 Å². The number of pyridine rings is 1. The van der Waals surface area contributed by atoms with Crippen LogP contribution in [-0.4, -0.2) is 16.3 Å². The van der Waals surface area contributed by atoms with Crippen LogP contribution in [-0.2, 0) is 101 Å². The number of anilines is 15. The fourth-order valence-electron chi connectivity index (χ4n) is 10.3. The summed E-state index contributed by atoms with van der Waals surface area (Å²) in [5, 5.41) is 30.0. The van der Waals surface area contributed by atoms with Crippen molar-refractivity contribution < 1.29 is 145 Å². The van der Waals surface area contributed by atoms with Crippen LogP contribution < -0.4 is 49.3 Å². The second kappa shape index (κ2) is 36.1. The summed E-state index contributed by atoms with van der Waals surface area (Å²) >= 11 is 0. The first-order valence-corrected chi connectivity index (χ1v) is 28.9. The van der Waals surface area contributed by atoms with E-state index in [4.69, 9.17) is 5.26 Å². The molecule has 30 heteroatoms. The maximum Gasteiger partial charge on any atom is 0.457 e. The number of para-hydroxylation sites is 14. The molecule has 0 saturated heterocycles. The number of nitriles is 2. The zero-order valence-corrected chi connectivity index (χ0v) is 63.8. The number of nitro groups is 1. The molecule has 0 amide bonds. The molecule has 5 aliphatic rings. The molecule has 10 aromatic rings. The molecule has 15 rings (SSSR count). The van der Waals surface area contributed by atoms with E-state index in [1.54, 1.807) is 114 Å². The van der Waals surface area contributed by atoms with Crippen LogP contribution in [0.25, 0.3) is 0 Å². The molecule has 1 atom stereocenters. The maximum absolute atomic E-state index is 14.4. The smallest absolute Gasteiger partial charge is 0.457 e. The third kappa shape index (κ3) is 17.5. The Labute approximate surface area is 643 Å². The van der Waals surface area contributed by atoms with Crippen molar-refractivity contribution in [1.29, 1.82) is 10.5 Å². The molecule has 5 aliphatic heterocycles. The zero-order chi connectivity index (χ0) is 67.8. The largest absolute Gasteiger partial charge is 0.491 e. The minimum absolute atomic E-state index is 0. The fourth-order valence-corrected chi connectivity index (χ4v) is 10.3. The van der Waals surface area contributed by atoms with Crippen molar-refractivity contribution in [2.45, 2.75) is 32.5 Å². The van der Waals surface area contributed by atoms with Crippen LogP contribution in [0.3, 0.4) is 0 Å². The van der Waals surface area contributed by atoms with Gasteiger partial charge in [-0.25, -0.2) is 15.1 Å². The average molecular weight is 2260 g/mol. The number of fused-ring (bicyclic) bond motifs is 5. The van der Waals surface area contributed by atoms with Gasteiger partial charge in [0.15, 0.2) is 12.4 Å². The summed E-state index contributed by atoms with van der Waals surface area (Å²) in [5.41, 5.74) is 6.60. The molecule has 0 spiro atoms. The predicted molar refractivity (Wildman–Crippen MR) is 345 cm³/mol. The summed E-state index contributed by atoms with van der Waals surface area (Å²) in [6.45, 7) is 10.4. The van der Waals surface area contributed by atoms with Crippen LogP contribution in [0.2, 0.25) is 0 Å². The standard InChI is InChI=1S/C17H15FN4.C14H8F4N2.C14H8FN3.C13H8F2N2.C13H8FN3O2.5Ir/c1-3-12(2)13-8-9-16(17(18)20-13)22-11-21(10-19)14-6-4-5-7-15(14)22;15-10-5-1-2-6-11(10)19-9-20(14(16,17)18)13-8-4-3-7-12(13)19;15-11-5-1-2-6-12(11)18-10-17(9-16)13-7-3-4-8-14(13)18;14-10-5-1-2-6-11(10)16-9-17(15)13-8-4-3-7-12(13)16;14-10-5-1-2-6-11(10)15-9-16(17(18)19)13-8-4-3-7-12(13)15;;;;;/h4-8,11-12H,3H2,1-2H3;1-5,7-9H;1-5,7-8,10H;1-5,7-9H;1-5,7-9H;;;;;/q5*-2;;;;;. The zero-order valence-electron chi connectivity index (χ0n) is 51.9. The van der Waals surface area contributed by atoms with Crippen molar-refractivity contribution in [3.05, 3.63) is 309 Å². The average Bonchev–Trinajstić information content (AvgIpc) is 1.66. The van der Waals surface area contributed by atoms with Crippen LogP contribution >= 0.6 is 0 Å². The molecule has 16 nitrogen and oxygen atoms in total. The number of aromatic nitrogens is 1. The molecular formula is C71H47F9Ir5N14O2-10. The fraction of sp³-hybridized carbons (Fsp3) is 0.0704. The number of nitrogens with zero attached hydrogens (tertiary/aromatic N) is 14. The quantitative estimate of drug-likeness (QED) is 0.0208. The first-order valence-electron chi connectivity index (χ1n) is 28.9. The van der Waals surface area contributed by atoms with Gasteiger partial charge < -0.3 is 49.3 Å². The van der Waals surface area contributed by atoms with Crippen LogP contribution in [0.1, 0.15) is 31.9 Å². The Bertz CT molecular complexity index is 4560. The van der Waals surface area contributed by atoms with E-state index in [9.17, 15) is 55.0 Å². The summed E-state index contributed by atoms with van der Waals surface area (Å²) in [6, 6.07) is 67.4. The summed E-state index contributed by atoms with van der Waals surface area (Å²) < 4.78 is 122. The van der Waals surface area contributed by atoms with Gasteiger partial charge in [-0.05, 0) is 66.6 Å². The van der Waals surface area contributed by atoms with Crippen molar-refractivity contribution >= 4 is 85.3 Å². The number of halogens is 9. The van der Waals surface area contributed by atoms with Crippen LogP contribution in [0.4, 0.5) is 125 Å². The van der Waals surface area contributed by atoms with Gasteiger partial charge in [0.05, 0.1) is 11.4 Å². The van der Waals surface area contributed by atoms with Gasteiger partial charge in [-0.1, -0.05) is 122 Å². The van der Waals surface area contributed by atoms with Crippen molar-refractivity contribution in [2.24, 2.45) is 0 Å². The Balaban J connectivity index is 0.000000197. The van der Waals surface area contributed by atoms with Gasteiger partial charge in [0.1, 0.15) is 11.0 Å². The Morgan fingerprint density at radius 3 is 1.17 bits per heavy atom. The van der Waals surface area contributed by atoms with Gasteiger partial charge >= 0.3 is 6.30 Å². The number of alkyl halides is 3.